The maximum Gasteiger partial charge on any atom is 0.225 e. The fraction of sp³-hybridized carbons (Fsp3) is 0.667. The summed E-state index contributed by atoms with van der Waals surface area (Å²) in [5.74, 6) is 3.29. The molecule has 1 aromatic carbocycles. The number of hydrogen-bond donors (Lipinski definition) is 2. The molecule has 3 rings (SSSR count). The van der Waals surface area contributed by atoms with Crippen LogP contribution in [0.3, 0.4) is 0 Å². The predicted octanol–water partition coefficient (Wildman–Crippen LogP) is 3.22. The van der Waals surface area contributed by atoms with Crippen molar-refractivity contribution in [2.45, 2.75) is 51.5 Å². The molecule has 33 heavy (non-hydrogen) atoms. The van der Waals surface area contributed by atoms with Gasteiger partial charge in [-0.25, -0.2) is 0 Å². The zero-order valence-electron chi connectivity index (χ0n) is 20.3. The number of halogens is 1. The molecule has 2 aliphatic rings. The number of carbonyl (C=O) groups is 1. The van der Waals surface area contributed by atoms with Crippen molar-refractivity contribution in [3.8, 4) is 17.2 Å². The first kappa shape index (κ1) is 27.3. The number of ether oxygens (including phenoxy) is 3. The number of benzene rings is 1. The highest BCUT2D eigenvalue weighted by atomic mass is 127. The lowest BCUT2D eigenvalue weighted by Crippen LogP contribution is -2.45. The predicted molar refractivity (Wildman–Crippen MR) is 141 cm³/mol. The Hall–Kier alpha value is -1.91. The Labute approximate surface area is 214 Å². The summed E-state index contributed by atoms with van der Waals surface area (Å²) in [5, 5.41) is 6.84. The topological polar surface area (TPSA) is 84.4 Å². The van der Waals surface area contributed by atoms with Crippen molar-refractivity contribution in [3.05, 3.63) is 17.7 Å². The lowest BCUT2D eigenvalue weighted by atomic mass is 10.1. The maximum atomic E-state index is 12.7. The zero-order valence-corrected chi connectivity index (χ0v) is 22.6. The van der Waals surface area contributed by atoms with Gasteiger partial charge in [-0.05, 0) is 38.7 Å². The monoisotopic (exact) mass is 574 g/mol. The van der Waals surface area contributed by atoms with E-state index in [-0.39, 0.29) is 35.9 Å². The fourth-order valence-corrected chi connectivity index (χ4v) is 4.67. The molecule has 2 fully saturated rings. The Kier molecular flexibility index (Phi) is 11.4. The first-order chi connectivity index (χ1) is 15.6. The van der Waals surface area contributed by atoms with E-state index in [1.807, 2.05) is 17.0 Å². The number of carbonyl (C=O) groups excluding carboxylic acids is 1. The number of aliphatic imine (C=N–C) groups is 1. The van der Waals surface area contributed by atoms with Crippen molar-refractivity contribution < 1.29 is 19.0 Å². The van der Waals surface area contributed by atoms with Gasteiger partial charge in [0.1, 0.15) is 0 Å². The Balaban J connectivity index is 0.00000385. The number of likely N-dealkylation sites (tertiary alicyclic amines) is 1. The van der Waals surface area contributed by atoms with Crippen molar-refractivity contribution in [1.29, 1.82) is 0 Å². The van der Waals surface area contributed by atoms with Crippen molar-refractivity contribution in [2.24, 2.45) is 10.9 Å². The molecule has 186 valence electrons. The Bertz CT molecular complexity index is 799. The third-order valence-electron chi connectivity index (χ3n) is 6.33. The van der Waals surface area contributed by atoms with Crippen molar-refractivity contribution in [3.63, 3.8) is 0 Å². The summed E-state index contributed by atoms with van der Waals surface area (Å²) in [6, 6.07) is 4.10. The van der Waals surface area contributed by atoms with E-state index in [1.165, 1.54) is 12.8 Å². The van der Waals surface area contributed by atoms with Crippen LogP contribution in [0, 0.1) is 5.92 Å². The Morgan fingerprint density at radius 2 is 1.82 bits per heavy atom. The molecule has 0 spiro atoms. The smallest absolute Gasteiger partial charge is 0.225 e. The molecule has 2 N–H and O–H groups in total. The molecule has 1 aromatic rings. The van der Waals surface area contributed by atoms with Crippen LogP contribution in [0.15, 0.2) is 17.1 Å². The maximum absolute atomic E-state index is 12.7. The van der Waals surface area contributed by atoms with Crippen molar-refractivity contribution in [1.82, 2.24) is 15.5 Å². The van der Waals surface area contributed by atoms with Gasteiger partial charge in [-0.1, -0.05) is 18.9 Å². The van der Waals surface area contributed by atoms with Crippen LogP contribution < -0.4 is 24.8 Å². The fourth-order valence-electron chi connectivity index (χ4n) is 4.67. The quantitative estimate of drug-likeness (QED) is 0.268. The van der Waals surface area contributed by atoms with Gasteiger partial charge in [0, 0.05) is 43.7 Å². The second-order valence-corrected chi connectivity index (χ2v) is 8.40. The summed E-state index contributed by atoms with van der Waals surface area (Å²) in [6.07, 6.45) is 6.14. The zero-order chi connectivity index (χ0) is 22.9. The van der Waals surface area contributed by atoms with Gasteiger partial charge >= 0.3 is 0 Å². The standard InChI is InChI=1S/C24H38N4O4.HI/c1-5-25-24(27-19-13-15-28(16-19)23(29)18-8-6-7-9-18)26-14-12-17-10-11-20(30-2)22(32-4)21(17)31-3;/h10-11,18-19H,5-9,12-16H2,1-4H3,(H2,25,26,27);1H. The molecule has 0 radical (unpaired) electrons. The number of nitrogens with one attached hydrogen (secondary N) is 2. The van der Waals surface area contributed by atoms with Crippen LogP contribution in [0.2, 0.25) is 0 Å². The molecule has 9 heteroatoms. The van der Waals surface area contributed by atoms with Gasteiger partial charge in [0.15, 0.2) is 17.5 Å². The highest BCUT2D eigenvalue weighted by molar-refractivity contribution is 14.0. The van der Waals surface area contributed by atoms with Crippen molar-refractivity contribution >= 4 is 35.8 Å². The number of amides is 1. The van der Waals surface area contributed by atoms with Gasteiger partial charge in [0.25, 0.3) is 0 Å². The lowest BCUT2D eigenvalue weighted by molar-refractivity contribution is -0.134. The van der Waals surface area contributed by atoms with Crippen LogP contribution in [0.4, 0.5) is 0 Å². The second-order valence-electron chi connectivity index (χ2n) is 8.40. The number of hydrogen-bond acceptors (Lipinski definition) is 5. The number of methoxy groups -OCH3 is 3. The van der Waals surface area contributed by atoms with E-state index in [0.717, 1.165) is 50.4 Å². The van der Waals surface area contributed by atoms with Crippen LogP contribution in [0.1, 0.15) is 44.6 Å². The minimum Gasteiger partial charge on any atom is -0.493 e. The van der Waals surface area contributed by atoms with Crippen LogP contribution in [-0.2, 0) is 11.2 Å². The van der Waals surface area contributed by atoms with Gasteiger partial charge in [-0.15, -0.1) is 24.0 Å². The highest BCUT2D eigenvalue weighted by Gasteiger charge is 2.32. The van der Waals surface area contributed by atoms with Gasteiger partial charge in [-0.2, -0.15) is 0 Å². The van der Waals surface area contributed by atoms with Crippen LogP contribution in [-0.4, -0.2) is 70.3 Å². The lowest BCUT2D eigenvalue weighted by Gasteiger charge is -2.21. The van der Waals surface area contributed by atoms with Gasteiger partial charge in [-0.3, -0.25) is 9.79 Å². The van der Waals surface area contributed by atoms with Gasteiger partial charge in [0.2, 0.25) is 11.7 Å². The molecule has 1 saturated carbocycles. The summed E-state index contributed by atoms with van der Waals surface area (Å²) >= 11 is 0. The average Bonchev–Trinajstić information content (AvgIpc) is 3.50. The van der Waals surface area contributed by atoms with E-state index in [9.17, 15) is 4.79 Å². The summed E-state index contributed by atoms with van der Waals surface area (Å²) < 4.78 is 16.4. The first-order valence-electron chi connectivity index (χ1n) is 11.7. The largest absolute Gasteiger partial charge is 0.493 e. The third-order valence-corrected chi connectivity index (χ3v) is 6.33. The molecule has 1 unspecified atom stereocenters. The van der Waals surface area contributed by atoms with Crippen LogP contribution in [0.5, 0.6) is 17.2 Å². The summed E-state index contributed by atoms with van der Waals surface area (Å²) in [7, 11) is 4.85. The summed E-state index contributed by atoms with van der Waals surface area (Å²) in [4.78, 5) is 19.5. The van der Waals surface area contributed by atoms with E-state index in [2.05, 4.69) is 17.6 Å². The number of nitrogens with zero attached hydrogens (tertiary/aromatic N) is 2. The van der Waals surface area contributed by atoms with E-state index in [0.29, 0.717) is 36.1 Å². The Morgan fingerprint density at radius 1 is 1.09 bits per heavy atom. The molecule has 1 amide bonds. The van der Waals surface area contributed by atoms with Crippen molar-refractivity contribution in [2.75, 3.05) is 47.5 Å². The molecule has 1 atom stereocenters. The molecule has 1 aliphatic heterocycles. The van der Waals surface area contributed by atoms with Crippen LogP contribution in [0.25, 0.3) is 0 Å². The highest BCUT2D eigenvalue weighted by Crippen LogP contribution is 2.39. The minimum absolute atomic E-state index is 0. The Morgan fingerprint density at radius 3 is 2.45 bits per heavy atom. The molecule has 1 heterocycles. The normalized spacial score (nSPS) is 18.6. The van der Waals surface area contributed by atoms with Crippen LogP contribution >= 0.6 is 24.0 Å². The number of rotatable bonds is 9. The second kappa shape index (κ2) is 13.7. The SMILES string of the molecule is CCNC(=NCCc1ccc(OC)c(OC)c1OC)NC1CCN(C(=O)C2CCCC2)C1.I. The van der Waals surface area contributed by atoms with E-state index < -0.39 is 0 Å². The van der Waals surface area contributed by atoms with Gasteiger partial charge < -0.3 is 29.7 Å². The molecule has 0 aromatic heterocycles. The summed E-state index contributed by atoms with van der Waals surface area (Å²) in [5.41, 5.74) is 1.01. The molecule has 1 aliphatic carbocycles. The first-order valence-corrected chi connectivity index (χ1v) is 11.7. The molecule has 0 bridgehead atoms. The molecule has 8 nitrogen and oxygen atoms in total. The molecular weight excluding hydrogens is 535 g/mol. The number of guanidine groups is 1. The van der Waals surface area contributed by atoms with E-state index >= 15 is 0 Å². The molecular formula is C24H39IN4O4. The summed E-state index contributed by atoms with van der Waals surface area (Å²) in [6.45, 7) is 5.01. The third kappa shape index (κ3) is 7.04. The van der Waals surface area contributed by atoms with E-state index in [1.54, 1.807) is 21.3 Å². The van der Waals surface area contributed by atoms with Gasteiger partial charge in [0.05, 0.1) is 21.3 Å². The minimum atomic E-state index is 0. The molecule has 1 saturated heterocycles. The van der Waals surface area contributed by atoms with E-state index in [4.69, 9.17) is 19.2 Å². The average molecular weight is 575 g/mol.